The van der Waals surface area contributed by atoms with Gasteiger partial charge in [0.25, 0.3) is 5.56 Å². The van der Waals surface area contributed by atoms with E-state index in [0.717, 1.165) is 18.4 Å². The van der Waals surface area contributed by atoms with Crippen LogP contribution in [0.3, 0.4) is 0 Å². The third-order valence-corrected chi connectivity index (χ3v) is 7.00. The van der Waals surface area contributed by atoms with Crippen LogP contribution in [0.15, 0.2) is 54.1 Å². The van der Waals surface area contributed by atoms with Gasteiger partial charge in [-0.2, -0.15) is 0 Å². The quantitative estimate of drug-likeness (QED) is 0.392. The van der Waals surface area contributed by atoms with E-state index in [0.29, 0.717) is 33.3 Å². The predicted molar refractivity (Wildman–Crippen MR) is 122 cm³/mol. The lowest BCUT2D eigenvalue weighted by atomic mass is 10.1. The number of fused-ring (bicyclic) bond motifs is 1. The molecule has 30 heavy (non-hydrogen) atoms. The normalized spacial score (nSPS) is 14.6. The molecular weight excluding hydrogens is 416 g/mol. The molecule has 1 aromatic carbocycles. The highest BCUT2D eigenvalue weighted by Gasteiger charge is 2.34. The number of rotatable bonds is 8. The Hall–Kier alpha value is -2.58. The maximum absolute atomic E-state index is 13.3. The van der Waals surface area contributed by atoms with Crippen LogP contribution in [-0.4, -0.2) is 31.0 Å². The lowest BCUT2D eigenvalue weighted by molar-refractivity contribution is -0.135. The molecule has 2 heterocycles. The van der Waals surface area contributed by atoms with Crippen molar-refractivity contribution in [2.45, 2.75) is 45.4 Å². The van der Waals surface area contributed by atoms with Crippen LogP contribution in [-0.2, 0) is 24.4 Å². The number of hydrogen-bond donors (Lipinski definition) is 0. The zero-order valence-electron chi connectivity index (χ0n) is 16.9. The molecule has 0 N–H and O–H groups in total. The summed E-state index contributed by atoms with van der Waals surface area (Å²) < 4.78 is 4.23. The summed E-state index contributed by atoms with van der Waals surface area (Å²) >= 11 is 6.59. The Balaban J connectivity index is 1.62. The molecule has 2 aromatic heterocycles. The second-order valence-electron chi connectivity index (χ2n) is 7.68. The average Bonchev–Trinajstić information content (AvgIpc) is 3.54. The molecule has 3 aromatic rings. The zero-order valence-corrected chi connectivity index (χ0v) is 18.5. The molecular formula is C22H24N4O2S2. The number of carbonyl (C=O) groups is 1. The largest absolute Gasteiger partial charge is 0.334 e. The average molecular weight is 441 g/mol. The second kappa shape index (κ2) is 8.65. The Bertz CT molecular complexity index is 1190. The number of amides is 1. The van der Waals surface area contributed by atoms with Crippen LogP contribution in [0.1, 0.15) is 25.3 Å². The molecule has 4 rings (SSSR count). The minimum absolute atomic E-state index is 0.0300. The smallest absolute Gasteiger partial charge is 0.273 e. The molecule has 1 aliphatic carbocycles. The van der Waals surface area contributed by atoms with Crippen molar-refractivity contribution in [3.8, 4) is 0 Å². The van der Waals surface area contributed by atoms with Gasteiger partial charge < -0.3 is 9.47 Å². The van der Waals surface area contributed by atoms with Gasteiger partial charge in [-0.15, -0.1) is 6.58 Å². The highest BCUT2D eigenvalue weighted by atomic mass is 32.1. The number of aromatic nitrogens is 3. The van der Waals surface area contributed by atoms with Gasteiger partial charge in [-0.05, 0) is 43.5 Å². The molecule has 1 amide bonds. The Kier molecular flexibility index (Phi) is 5.97. The van der Waals surface area contributed by atoms with Crippen LogP contribution < -0.4 is 5.56 Å². The van der Waals surface area contributed by atoms with Gasteiger partial charge in [0.05, 0.1) is 0 Å². The molecule has 0 radical (unpaired) electrons. The Morgan fingerprint density at radius 1 is 1.40 bits per heavy atom. The van der Waals surface area contributed by atoms with Gasteiger partial charge in [0.1, 0.15) is 17.6 Å². The fourth-order valence-corrected chi connectivity index (χ4v) is 5.00. The van der Waals surface area contributed by atoms with Crippen LogP contribution in [0.5, 0.6) is 0 Å². The first-order valence-corrected chi connectivity index (χ1v) is 11.2. The Morgan fingerprint density at radius 2 is 2.13 bits per heavy atom. The van der Waals surface area contributed by atoms with Crippen molar-refractivity contribution >= 4 is 39.8 Å². The molecule has 156 valence electrons. The summed E-state index contributed by atoms with van der Waals surface area (Å²) in [4.78, 5) is 32.6. The van der Waals surface area contributed by atoms with Crippen LogP contribution in [0.25, 0.3) is 10.3 Å². The van der Waals surface area contributed by atoms with E-state index < -0.39 is 0 Å². The van der Waals surface area contributed by atoms with Crippen LogP contribution in [0.4, 0.5) is 0 Å². The molecule has 1 aliphatic rings. The van der Waals surface area contributed by atoms with Gasteiger partial charge in [-0.3, -0.25) is 14.2 Å². The molecule has 1 saturated carbocycles. The van der Waals surface area contributed by atoms with E-state index in [1.165, 1.54) is 22.2 Å². The van der Waals surface area contributed by atoms with E-state index >= 15 is 0 Å². The van der Waals surface area contributed by atoms with Gasteiger partial charge in [-0.25, -0.2) is 4.98 Å². The number of allylic oxidation sites excluding steroid dienone is 1. The van der Waals surface area contributed by atoms with E-state index in [2.05, 4.69) is 18.5 Å². The van der Waals surface area contributed by atoms with Crippen LogP contribution in [0, 0.1) is 9.87 Å². The zero-order chi connectivity index (χ0) is 21.3. The lowest BCUT2D eigenvalue weighted by Gasteiger charge is -2.30. The Labute approximate surface area is 184 Å². The van der Waals surface area contributed by atoms with Crippen molar-refractivity contribution in [2.24, 2.45) is 5.92 Å². The molecule has 8 heteroatoms. The second-order valence-corrected chi connectivity index (χ2v) is 9.33. The Morgan fingerprint density at radius 3 is 2.80 bits per heavy atom. The van der Waals surface area contributed by atoms with Crippen LogP contribution >= 0.6 is 23.6 Å². The molecule has 6 nitrogen and oxygen atoms in total. The molecule has 0 saturated heterocycles. The lowest BCUT2D eigenvalue weighted by Crippen LogP contribution is -2.42. The number of benzene rings is 1. The molecule has 0 bridgehead atoms. The standard InChI is InChI=1S/C22H24N4O2S2/c1-3-11-25-20-19(30-22(25)29)21(28)24(14-23-20)13-18(27)26(15(2)17-9-10-17)12-16-7-5-4-6-8-16/h3-8,14-15,17H,1,9-13H2,2H3. The minimum atomic E-state index is -0.231. The summed E-state index contributed by atoms with van der Waals surface area (Å²) in [7, 11) is 0. The first-order chi connectivity index (χ1) is 14.5. The topological polar surface area (TPSA) is 60.1 Å². The monoisotopic (exact) mass is 440 g/mol. The first-order valence-electron chi connectivity index (χ1n) is 10.0. The van der Waals surface area contributed by atoms with Crippen molar-refractivity contribution in [3.05, 3.63) is 69.2 Å². The maximum Gasteiger partial charge on any atom is 0.273 e. The van der Waals surface area contributed by atoms with E-state index in [1.54, 1.807) is 10.6 Å². The molecule has 1 atom stereocenters. The van der Waals surface area contributed by atoms with Gasteiger partial charge in [0, 0.05) is 19.1 Å². The summed E-state index contributed by atoms with van der Waals surface area (Å²) in [6, 6.07) is 10.1. The van der Waals surface area contributed by atoms with E-state index in [4.69, 9.17) is 12.2 Å². The van der Waals surface area contributed by atoms with E-state index in [1.807, 2.05) is 35.2 Å². The highest BCUT2D eigenvalue weighted by Crippen LogP contribution is 2.35. The fourth-order valence-electron chi connectivity index (χ4n) is 3.68. The van der Waals surface area contributed by atoms with E-state index in [-0.39, 0.29) is 24.1 Å². The third-order valence-electron chi connectivity index (χ3n) is 5.57. The van der Waals surface area contributed by atoms with Gasteiger partial charge >= 0.3 is 0 Å². The third kappa shape index (κ3) is 4.15. The fraction of sp³-hybridized carbons (Fsp3) is 0.364. The molecule has 1 fully saturated rings. The summed E-state index contributed by atoms with van der Waals surface area (Å²) in [5.41, 5.74) is 1.40. The van der Waals surface area contributed by atoms with E-state index in [9.17, 15) is 9.59 Å². The summed E-state index contributed by atoms with van der Waals surface area (Å²) in [6.45, 7) is 6.84. The van der Waals surface area contributed by atoms with Gasteiger partial charge in [0.15, 0.2) is 9.60 Å². The highest BCUT2D eigenvalue weighted by molar-refractivity contribution is 7.73. The molecule has 0 aliphatic heterocycles. The van der Waals surface area contributed by atoms with Crippen molar-refractivity contribution in [2.75, 3.05) is 0 Å². The number of thiazole rings is 1. The predicted octanol–water partition coefficient (Wildman–Crippen LogP) is 4.00. The number of hydrogen-bond acceptors (Lipinski definition) is 5. The number of nitrogens with zero attached hydrogens (tertiary/aromatic N) is 4. The van der Waals surface area contributed by atoms with Crippen molar-refractivity contribution in [1.82, 2.24) is 19.0 Å². The summed E-state index contributed by atoms with van der Waals surface area (Å²) in [5, 5.41) is 0. The molecule has 0 spiro atoms. The van der Waals surface area contributed by atoms with Crippen molar-refractivity contribution < 1.29 is 4.79 Å². The van der Waals surface area contributed by atoms with Crippen molar-refractivity contribution in [1.29, 1.82) is 0 Å². The maximum atomic E-state index is 13.3. The van der Waals surface area contributed by atoms with Crippen molar-refractivity contribution in [3.63, 3.8) is 0 Å². The SMILES string of the molecule is C=CCn1c(=S)sc2c(=O)n(CC(=O)N(Cc3ccccc3)C(C)C3CC3)cnc21. The van der Waals surface area contributed by atoms with Crippen LogP contribution in [0.2, 0.25) is 0 Å². The van der Waals surface area contributed by atoms with Gasteiger partial charge in [-0.1, -0.05) is 47.7 Å². The molecule has 1 unspecified atom stereocenters. The first kappa shape index (κ1) is 20.7. The number of carbonyl (C=O) groups excluding carboxylic acids is 1. The van der Waals surface area contributed by atoms with Gasteiger partial charge in [0.2, 0.25) is 5.91 Å². The summed E-state index contributed by atoms with van der Waals surface area (Å²) in [5.74, 6) is 0.462. The summed E-state index contributed by atoms with van der Waals surface area (Å²) in [6.07, 6.45) is 5.46. The minimum Gasteiger partial charge on any atom is -0.334 e.